The van der Waals surface area contributed by atoms with E-state index in [9.17, 15) is 0 Å². The summed E-state index contributed by atoms with van der Waals surface area (Å²) in [6.45, 7) is 6.15. The first-order valence-corrected chi connectivity index (χ1v) is 8.32. The maximum Gasteiger partial charge on any atom is 0.247 e. The largest absolute Gasteiger partial charge is 0.419 e. The molecule has 0 unspecified atom stereocenters. The molecule has 3 aromatic rings. The minimum atomic E-state index is -0.0539. The Kier molecular flexibility index (Phi) is 4.97. The molecular weight excluding hydrogens is 322 g/mol. The first-order chi connectivity index (χ1) is 11.5. The molecule has 0 saturated heterocycles. The van der Waals surface area contributed by atoms with Gasteiger partial charge in [-0.05, 0) is 50.6 Å². The molecule has 0 aliphatic rings. The predicted octanol–water partition coefficient (Wildman–Crippen LogP) is 5.11. The molecule has 5 heteroatoms. The molecular formula is C19H20ClN3O. The molecule has 4 nitrogen and oxygen atoms in total. The molecule has 0 aliphatic carbocycles. The number of hydrogen-bond acceptors (Lipinski definition) is 4. The number of nitrogens with one attached hydrogen (secondary N) is 1. The van der Waals surface area contributed by atoms with Crippen molar-refractivity contribution in [3.63, 3.8) is 0 Å². The van der Waals surface area contributed by atoms with Gasteiger partial charge in [-0.3, -0.25) is 5.32 Å². The van der Waals surface area contributed by atoms with Crippen LogP contribution in [0.1, 0.15) is 42.9 Å². The van der Waals surface area contributed by atoms with Crippen molar-refractivity contribution in [3.8, 4) is 11.5 Å². The summed E-state index contributed by atoms with van der Waals surface area (Å²) in [7, 11) is 0. The first kappa shape index (κ1) is 16.7. The van der Waals surface area contributed by atoms with Crippen LogP contribution < -0.4 is 5.32 Å². The summed E-state index contributed by atoms with van der Waals surface area (Å²) < 4.78 is 5.84. The lowest BCUT2D eigenvalue weighted by Crippen LogP contribution is -2.22. The average molecular weight is 342 g/mol. The number of aromatic nitrogens is 2. The Hall–Kier alpha value is -2.17. The van der Waals surface area contributed by atoms with Gasteiger partial charge in [0, 0.05) is 16.6 Å². The van der Waals surface area contributed by atoms with Crippen molar-refractivity contribution in [1.29, 1.82) is 0 Å². The summed E-state index contributed by atoms with van der Waals surface area (Å²) in [5, 5.41) is 12.6. The normalized spacial score (nSPS) is 13.7. The maximum absolute atomic E-state index is 5.94. The van der Waals surface area contributed by atoms with Gasteiger partial charge in [0.2, 0.25) is 11.8 Å². The van der Waals surface area contributed by atoms with Gasteiger partial charge < -0.3 is 4.42 Å². The van der Waals surface area contributed by atoms with Crippen LogP contribution in [0.5, 0.6) is 0 Å². The number of rotatable bonds is 5. The molecule has 1 heterocycles. The van der Waals surface area contributed by atoms with Gasteiger partial charge in [-0.2, -0.15) is 0 Å². The van der Waals surface area contributed by atoms with Crippen molar-refractivity contribution >= 4 is 11.6 Å². The topological polar surface area (TPSA) is 51.0 Å². The summed E-state index contributed by atoms with van der Waals surface area (Å²) in [4.78, 5) is 0. The van der Waals surface area contributed by atoms with E-state index in [1.807, 2.05) is 62.4 Å². The number of benzene rings is 2. The van der Waals surface area contributed by atoms with Crippen molar-refractivity contribution in [2.75, 3.05) is 0 Å². The van der Waals surface area contributed by atoms with Crippen molar-refractivity contribution in [3.05, 3.63) is 70.6 Å². The maximum atomic E-state index is 5.94. The van der Waals surface area contributed by atoms with Crippen LogP contribution in [0.25, 0.3) is 11.5 Å². The third-order valence-corrected chi connectivity index (χ3v) is 4.20. The van der Waals surface area contributed by atoms with Gasteiger partial charge in [0.25, 0.3) is 0 Å². The molecule has 24 heavy (non-hydrogen) atoms. The van der Waals surface area contributed by atoms with Crippen LogP contribution in [0, 0.1) is 6.92 Å². The highest BCUT2D eigenvalue weighted by Gasteiger charge is 2.17. The van der Waals surface area contributed by atoms with Crippen LogP contribution in [0.4, 0.5) is 0 Å². The molecule has 0 radical (unpaired) electrons. The molecule has 0 aliphatic heterocycles. The quantitative estimate of drug-likeness (QED) is 0.700. The Morgan fingerprint density at radius 3 is 2.46 bits per heavy atom. The summed E-state index contributed by atoms with van der Waals surface area (Å²) >= 11 is 5.94. The summed E-state index contributed by atoms with van der Waals surface area (Å²) in [5.41, 5.74) is 3.26. The van der Waals surface area contributed by atoms with Crippen molar-refractivity contribution < 1.29 is 4.42 Å². The van der Waals surface area contributed by atoms with Crippen molar-refractivity contribution in [2.45, 2.75) is 32.9 Å². The van der Waals surface area contributed by atoms with E-state index in [1.54, 1.807) is 0 Å². The minimum Gasteiger partial charge on any atom is -0.419 e. The van der Waals surface area contributed by atoms with Gasteiger partial charge in [0.05, 0.1) is 6.04 Å². The molecule has 1 N–H and O–H groups in total. The zero-order valence-electron chi connectivity index (χ0n) is 14.0. The Bertz CT molecular complexity index is 813. The first-order valence-electron chi connectivity index (χ1n) is 7.95. The van der Waals surface area contributed by atoms with Gasteiger partial charge in [-0.15, -0.1) is 10.2 Å². The lowest BCUT2D eigenvalue weighted by molar-refractivity contribution is 0.395. The SMILES string of the molecule is Cc1cccc(-c2nnc([C@@H](C)N[C@H](C)c3ccc(Cl)cc3)o2)c1. The van der Waals surface area contributed by atoms with Gasteiger partial charge >= 0.3 is 0 Å². The molecule has 3 rings (SSSR count). The van der Waals surface area contributed by atoms with Gasteiger partial charge in [0.15, 0.2) is 0 Å². The number of hydrogen-bond donors (Lipinski definition) is 1. The smallest absolute Gasteiger partial charge is 0.247 e. The van der Waals surface area contributed by atoms with E-state index in [0.717, 1.165) is 21.7 Å². The molecule has 124 valence electrons. The molecule has 1 aromatic heterocycles. The average Bonchev–Trinajstić information content (AvgIpc) is 3.05. The van der Waals surface area contributed by atoms with Crippen LogP contribution in [0.15, 0.2) is 52.9 Å². The predicted molar refractivity (Wildman–Crippen MR) is 95.9 cm³/mol. The highest BCUT2D eigenvalue weighted by Crippen LogP contribution is 2.24. The number of halogens is 1. The van der Waals surface area contributed by atoms with Crippen LogP contribution >= 0.6 is 11.6 Å². The Labute approximate surface area is 146 Å². The lowest BCUT2D eigenvalue weighted by atomic mass is 10.1. The summed E-state index contributed by atoms with van der Waals surface area (Å²) in [5.74, 6) is 1.12. The summed E-state index contributed by atoms with van der Waals surface area (Å²) in [6, 6.07) is 15.9. The molecule has 2 atom stereocenters. The number of aryl methyl sites for hydroxylation is 1. The monoisotopic (exact) mass is 341 g/mol. The second-order valence-electron chi connectivity index (χ2n) is 5.98. The highest BCUT2D eigenvalue weighted by molar-refractivity contribution is 6.30. The van der Waals surface area contributed by atoms with Crippen molar-refractivity contribution in [1.82, 2.24) is 15.5 Å². The van der Waals surface area contributed by atoms with Crippen LogP contribution in [-0.2, 0) is 0 Å². The van der Waals surface area contributed by atoms with Gasteiger partial charge in [-0.25, -0.2) is 0 Å². The van der Waals surface area contributed by atoms with E-state index in [2.05, 4.69) is 22.4 Å². The molecule has 0 bridgehead atoms. The molecule has 0 saturated carbocycles. The number of nitrogens with zero attached hydrogens (tertiary/aromatic N) is 2. The van der Waals surface area contributed by atoms with Crippen molar-refractivity contribution in [2.24, 2.45) is 0 Å². The summed E-state index contributed by atoms with van der Waals surface area (Å²) in [6.07, 6.45) is 0. The lowest BCUT2D eigenvalue weighted by Gasteiger charge is -2.17. The molecule has 0 amide bonds. The van der Waals surface area contributed by atoms with Crippen LogP contribution in [-0.4, -0.2) is 10.2 Å². The van der Waals surface area contributed by atoms with Gasteiger partial charge in [-0.1, -0.05) is 41.4 Å². The fourth-order valence-corrected chi connectivity index (χ4v) is 2.72. The molecule has 0 fully saturated rings. The van der Waals surface area contributed by atoms with E-state index in [-0.39, 0.29) is 12.1 Å². The second kappa shape index (κ2) is 7.16. The van der Waals surface area contributed by atoms with Crippen LogP contribution in [0.2, 0.25) is 5.02 Å². The Balaban J connectivity index is 1.71. The molecule has 0 spiro atoms. The molecule has 2 aromatic carbocycles. The Morgan fingerprint density at radius 1 is 1.00 bits per heavy atom. The standard InChI is InChI=1S/C19H20ClN3O/c1-12-5-4-6-16(11-12)19-23-22-18(24-19)14(3)21-13(2)15-7-9-17(20)10-8-15/h4-11,13-14,21H,1-3H3/t13-,14-/m1/s1. The van der Waals surface area contributed by atoms with Crippen LogP contribution in [0.3, 0.4) is 0 Å². The van der Waals surface area contributed by atoms with E-state index >= 15 is 0 Å². The van der Waals surface area contributed by atoms with E-state index in [0.29, 0.717) is 11.8 Å². The Morgan fingerprint density at radius 2 is 1.75 bits per heavy atom. The van der Waals surface area contributed by atoms with Gasteiger partial charge in [0.1, 0.15) is 0 Å². The minimum absolute atomic E-state index is 0.0539. The third kappa shape index (κ3) is 3.83. The zero-order valence-corrected chi connectivity index (χ0v) is 14.7. The van der Waals surface area contributed by atoms with E-state index < -0.39 is 0 Å². The van der Waals surface area contributed by atoms with E-state index in [4.69, 9.17) is 16.0 Å². The zero-order chi connectivity index (χ0) is 17.1. The fourth-order valence-electron chi connectivity index (χ4n) is 2.60. The highest BCUT2D eigenvalue weighted by atomic mass is 35.5. The second-order valence-corrected chi connectivity index (χ2v) is 6.41. The van der Waals surface area contributed by atoms with E-state index in [1.165, 1.54) is 0 Å². The fraction of sp³-hybridized carbons (Fsp3) is 0.263. The third-order valence-electron chi connectivity index (χ3n) is 3.95.